The highest BCUT2D eigenvalue weighted by Gasteiger charge is 2.25. The molecule has 2 saturated heterocycles. The van der Waals surface area contributed by atoms with E-state index in [0.29, 0.717) is 31.1 Å². The molecule has 0 saturated carbocycles. The Morgan fingerprint density at radius 2 is 1.42 bits per heavy atom. The van der Waals surface area contributed by atoms with Crippen LogP contribution in [0.15, 0.2) is 0 Å². The Hall–Kier alpha value is -0.780. The molecule has 0 atom stereocenters. The summed E-state index contributed by atoms with van der Waals surface area (Å²) in [6.07, 6.45) is 3.08. The van der Waals surface area contributed by atoms with E-state index >= 15 is 0 Å². The molecular formula is C19H35N3O2. The van der Waals surface area contributed by atoms with Crippen LogP contribution < -0.4 is 0 Å². The maximum Gasteiger partial charge on any atom is 0.149 e. The van der Waals surface area contributed by atoms with Crippen LogP contribution in [0.3, 0.4) is 0 Å². The Morgan fingerprint density at radius 3 is 1.96 bits per heavy atom. The van der Waals surface area contributed by atoms with Crippen LogP contribution in [0.2, 0.25) is 0 Å². The molecule has 0 N–H and O–H groups in total. The third-order valence-corrected chi connectivity index (χ3v) is 5.51. The van der Waals surface area contributed by atoms with Gasteiger partial charge in [-0.05, 0) is 31.8 Å². The van der Waals surface area contributed by atoms with Crippen LogP contribution >= 0.6 is 0 Å². The molecule has 2 rings (SSSR count). The number of ketones is 2. The Labute approximate surface area is 147 Å². The Morgan fingerprint density at radius 1 is 0.875 bits per heavy atom. The standard InChI is InChI=1S/C19H35N3O2/c1-4-18(23)14-20-7-5-17(6-8-20)13-21-9-11-22(12-10-21)15-19(24)16(2)3/h16-17H,4-15H2,1-3H3. The van der Waals surface area contributed by atoms with Crippen LogP contribution in [0.5, 0.6) is 0 Å². The number of hydrogen-bond donors (Lipinski definition) is 0. The van der Waals surface area contributed by atoms with Gasteiger partial charge in [0.25, 0.3) is 0 Å². The van der Waals surface area contributed by atoms with E-state index in [2.05, 4.69) is 14.7 Å². The van der Waals surface area contributed by atoms with Gasteiger partial charge in [-0.3, -0.25) is 19.4 Å². The SMILES string of the molecule is CCC(=O)CN1CCC(CN2CCN(CC(=O)C(C)C)CC2)CC1. The molecule has 0 unspecified atom stereocenters. The molecule has 2 aliphatic rings. The van der Waals surface area contributed by atoms with Crippen molar-refractivity contribution in [2.24, 2.45) is 11.8 Å². The molecule has 0 aromatic carbocycles. The second kappa shape index (κ2) is 9.64. The minimum Gasteiger partial charge on any atom is -0.301 e. The third-order valence-electron chi connectivity index (χ3n) is 5.51. The monoisotopic (exact) mass is 337 g/mol. The van der Waals surface area contributed by atoms with Gasteiger partial charge >= 0.3 is 0 Å². The van der Waals surface area contributed by atoms with Gasteiger partial charge in [0.2, 0.25) is 0 Å². The lowest BCUT2D eigenvalue weighted by atomic mass is 9.95. The molecule has 2 fully saturated rings. The molecule has 5 heteroatoms. The van der Waals surface area contributed by atoms with E-state index in [4.69, 9.17) is 0 Å². The van der Waals surface area contributed by atoms with Gasteiger partial charge < -0.3 is 4.90 Å². The molecule has 0 aromatic rings. The van der Waals surface area contributed by atoms with E-state index in [1.54, 1.807) is 0 Å². The Bertz CT molecular complexity index is 409. The quantitative estimate of drug-likeness (QED) is 0.672. The minimum atomic E-state index is 0.146. The summed E-state index contributed by atoms with van der Waals surface area (Å²) in [7, 11) is 0. The minimum absolute atomic E-state index is 0.146. The summed E-state index contributed by atoms with van der Waals surface area (Å²) in [6, 6.07) is 0. The first kappa shape index (κ1) is 19.5. The van der Waals surface area contributed by atoms with Crippen LogP contribution in [0.25, 0.3) is 0 Å². The zero-order chi connectivity index (χ0) is 17.5. The predicted octanol–water partition coefficient (Wildman–Crippen LogP) is 1.52. The van der Waals surface area contributed by atoms with Gasteiger partial charge in [0.1, 0.15) is 11.6 Å². The number of carbonyl (C=O) groups excluding carboxylic acids is 2. The lowest BCUT2D eigenvalue weighted by Gasteiger charge is -2.38. The van der Waals surface area contributed by atoms with E-state index in [0.717, 1.165) is 45.2 Å². The summed E-state index contributed by atoms with van der Waals surface area (Å²) >= 11 is 0. The molecule has 0 spiro atoms. The second-order valence-electron chi connectivity index (χ2n) is 7.81. The van der Waals surface area contributed by atoms with Crippen molar-refractivity contribution in [3.63, 3.8) is 0 Å². The molecule has 2 aliphatic heterocycles. The van der Waals surface area contributed by atoms with Gasteiger partial charge in [0, 0.05) is 45.1 Å². The van der Waals surface area contributed by atoms with E-state index in [-0.39, 0.29) is 5.92 Å². The fourth-order valence-electron chi connectivity index (χ4n) is 3.59. The first-order valence-electron chi connectivity index (χ1n) is 9.69. The Kier molecular flexibility index (Phi) is 7.85. The third kappa shape index (κ3) is 6.26. The highest BCUT2D eigenvalue weighted by molar-refractivity contribution is 5.82. The van der Waals surface area contributed by atoms with Crippen molar-refractivity contribution in [3.05, 3.63) is 0 Å². The van der Waals surface area contributed by atoms with E-state index in [1.165, 1.54) is 19.4 Å². The number of piperazine rings is 1. The number of rotatable bonds is 8. The van der Waals surface area contributed by atoms with Crippen molar-refractivity contribution in [1.29, 1.82) is 0 Å². The fourth-order valence-corrected chi connectivity index (χ4v) is 3.59. The van der Waals surface area contributed by atoms with Crippen LogP contribution in [0, 0.1) is 11.8 Å². The van der Waals surface area contributed by atoms with E-state index in [1.807, 2.05) is 20.8 Å². The molecule has 2 heterocycles. The van der Waals surface area contributed by atoms with Crippen molar-refractivity contribution in [1.82, 2.24) is 14.7 Å². The van der Waals surface area contributed by atoms with Crippen LogP contribution in [0.4, 0.5) is 0 Å². The van der Waals surface area contributed by atoms with Gasteiger partial charge in [0.05, 0.1) is 13.1 Å². The predicted molar refractivity (Wildman–Crippen MR) is 97.2 cm³/mol. The van der Waals surface area contributed by atoms with Crippen molar-refractivity contribution >= 4 is 11.6 Å². The number of hydrogen-bond acceptors (Lipinski definition) is 5. The summed E-state index contributed by atoms with van der Waals surface area (Å²) < 4.78 is 0. The molecule has 0 aliphatic carbocycles. The van der Waals surface area contributed by atoms with Gasteiger partial charge in [0.15, 0.2) is 0 Å². The second-order valence-corrected chi connectivity index (χ2v) is 7.81. The maximum absolute atomic E-state index is 11.9. The Balaban J connectivity index is 1.63. The molecule has 138 valence electrons. The molecule has 0 amide bonds. The topological polar surface area (TPSA) is 43.9 Å². The normalized spacial score (nSPS) is 22.2. The summed E-state index contributed by atoms with van der Waals surface area (Å²) in [5.41, 5.74) is 0. The molecular weight excluding hydrogens is 302 g/mol. The largest absolute Gasteiger partial charge is 0.301 e. The number of likely N-dealkylation sites (tertiary alicyclic amines) is 1. The zero-order valence-corrected chi connectivity index (χ0v) is 15.8. The summed E-state index contributed by atoms with van der Waals surface area (Å²) in [5.74, 6) is 1.63. The van der Waals surface area contributed by atoms with Crippen molar-refractivity contribution in [2.45, 2.75) is 40.0 Å². The van der Waals surface area contributed by atoms with Gasteiger partial charge in [-0.1, -0.05) is 20.8 Å². The average Bonchev–Trinajstić information content (AvgIpc) is 2.58. The van der Waals surface area contributed by atoms with Gasteiger partial charge in [-0.2, -0.15) is 0 Å². The number of piperidine rings is 1. The lowest BCUT2D eigenvalue weighted by molar-refractivity contribution is -0.123. The van der Waals surface area contributed by atoms with E-state index < -0.39 is 0 Å². The van der Waals surface area contributed by atoms with Crippen LogP contribution in [0.1, 0.15) is 40.0 Å². The number of nitrogens with zero attached hydrogens (tertiary/aromatic N) is 3. The lowest BCUT2D eigenvalue weighted by Crippen LogP contribution is -2.50. The van der Waals surface area contributed by atoms with Crippen molar-refractivity contribution in [3.8, 4) is 0 Å². The first-order chi connectivity index (χ1) is 11.5. The van der Waals surface area contributed by atoms with Crippen LogP contribution in [-0.2, 0) is 9.59 Å². The number of Topliss-reactive ketones (excluding diaryl/α,β-unsaturated/α-hetero) is 2. The molecule has 0 aromatic heterocycles. The highest BCUT2D eigenvalue weighted by Crippen LogP contribution is 2.19. The summed E-state index contributed by atoms with van der Waals surface area (Å²) in [6.45, 7) is 14.7. The van der Waals surface area contributed by atoms with Gasteiger partial charge in [-0.15, -0.1) is 0 Å². The average molecular weight is 338 g/mol. The van der Waals surface area contributed by atoms with Crippen LogP contribution in [-0.4, -0.2) is 85.2 Å². The highest BCUT2D eigenvalue weighted by atomic mass is 16.1. The first-order valence-corrected chi connectivity index (χ1v) is 9.69. The van der Waals surface area contributed by atoms with Crippen molar-refractivity contribution < 1.29 is 9.59 Å². The van der Waals surface area contributed by atoms with E-state index in [9.17, 15) is 9.59 Å². The molecule has 0 bridgehead atoms. The zero-order valence-electron chi connectivity index (χ0n) is 15.8. The molecule has 24 heavy (non-hydrogen) atoms. The smallest absolute Gasteiger partial charge is 0.149 e. The van der Waals surface area contributed by atoms with Crippen molar-refractivity contribution in [2.75, 3.05) is 58.9 Å². The molecule has 0 radical (unpaired) electrons. The maximum atomic E-state index is 11.9. The number of carbonyl (C=O) groups is 2. The fraction of sp³-hybridized carbons (Fsp3) is 0.895. The molecule has 5 nitrogen and oxygen atoms in total. The summed E-state index contributed by atoms with van der Waals surface area (Å²) in [4.78, 5) is 30.6. The summed E-state index contributed by atoms with van der Waals surface area (Å²) in [5, 5.41) is 0. The van der Waals surface area contributed by atoms with Gasteiger partial charge in [-0.25, -0.2) is 0 Å².